The van der Waals surface area contributed by atoms with Crippen molar-refractivity contribution in [3.8, 4) is 0 Å². The first-order valence-corrected chi connectivity index (χ1v) is 6.19. The Bertz CT molecular complexity index is 175. The van der Waals surface area contributed by atoms with Crippen molar-refractivity contribution in [2.24, 2.45) is 5.92 Å². The molecule has 0 bridgehead atoms. The van der Waals surface area contributed by atoms with Gasteiger partial charge in [-0.05, 0) is 38.6 Å². The van der Waals surface area contributed by atoms with Crippen molar-refractivity contribution in [2.45, 2.75) is 31.2 Å². The van der Waals surface area contributed by atoms with Gasteiger partial charge in [0.2, 0.25) is 0 Å². The number of likely N-dealkylation sites (N-methyl/N-ethyl adjacent to an activating group) is 1. The first-order chi connectivity index (χ1) is 6.11. The fourth-order valence-electron chi connectivity index (χ4n) is 2.26. The summed E-state index contributed by atoms with van der Waals surface area (Å²) in [6.07, 6.45) is 1.31. The van der Waals surface area contributed by atoms with Gasteiger partial charge in [0.05, 0.1) is 4.87 Å². The van der Waals surface area contributed by atoms with E-state index in [1.807, 2.05) is 0 Å². The van der Waals surface area contributed by atoms with E-state index >= 15 is 0 Å². The monoisotopic (exact) mass is 200 g/mol. The van der Waals surface area contributed by atoms with Gasteiger partial charge < -0.3 is 10.2 Å². The number of rotatable bonds is 0. The molecule has 0 aromatic rings. The molecule has 0 aromatic heterocycles. The maximum atomic E-state index is 3.73. The van der Waals surface area contributed by atoms with Crippen molar-refractivity contribution in [3.63, 3.8) is 0 Å². The number of hydrogen-bond donors (Lipinski definition) is 1. The predicted octanol–water partition coefficient (Wildman–Crippen LogP) is 1.38. The van der Waals surface area contributed by atoms with Crippen molar-refractivity contribution in [2.75, 3.05) is 25.9 Å². The highest BCUT2D eigenvalue weighted by molar-refractivity contribution is 8.00. The molecule has 2 aliphatic heterocycles. The van der Waals surface area contributed by atoms with E-state index in [9.17, 15) is 0 Å². The lowest BCUT2D eigenvalue weighted by atomic mass is 10.1. The molecule has 1 N–H and O–H groups in total. The third kappa shape index (κ3) is 1.88. The molecule has 2 saturated heterocycles. The summed E-state index contributed by atoms with van der Waals surface area (Å²) in [4.78, 5) is 2.86. The average Bonchev–Trinajstić information content (AvgIpc) is 2.36. The lowest BCUT2D eigenvalue weighted by molar-refractivity contribution is 0.321. The Labute approximate surface area is 85.4 Å². The van der Waals surface area contributed by atoms with Crippen LogP contribution in [0.3, 0.4) is 0 Å². The molecule has 0 amide bonds. The van der Waals surface area contributed by atoms with E-state index in [1.54, 1.807) is 0 Å². The van der Waals surface area contributed by atoms with E-state index < -0.39 is 0 Å². The van der Waals surface area contributed by atoms with Gasteiger partial charge in [0, 0.05) is 12.6 Å². The Morgan fingerprint density at radius 1 is 1.46 bits per heavy atom. The van der Waals surface area contributed by atoms with Gasteiger partial charge in [-0.15, -0.1) is 11.8 Å². The van der Waals surface area contributed by atoms with E-state index in [0.717, 1.165) is 12.0 Å². The minimum absolute atomic E-state index is 0.390. The Morgan fingerprint density at radius 3 is 2.69 bits per heavy atom. The highest BCUT2D eigenvalue weighted by Gasteiger charge is 2.42. The lowest BCUT2D eigenvalue weighted by Gasteiger charge is -2.36. The van der Waals surface area contributed by atoms with Crippen molar-refractivity contribution < 1.29 is 0 Å². The average molecular weight is 200 g/mol. The van der Waals surface area contributed by atoms with Crippen molar-refractivity contribution in [1.82, 2.24) is 10.2 Å². The van der Waals surface area contributed by atoms with E-state index in [2.05, 4.69) is 42.9 Å². The molecule has 2 nitrogen and oxygen atoms in total. The van der Waals surface area contributed by atoms with Gasteiger partial charge >= 0.3 is 0 Å². The second kappa shape index (κ2) is 3.44. The Morgan fingerprint density at radius 2 is 2.23 bits per heavy atom. The molecule has 3 unspecified atom stereocenters. The fraction of sp³-hybridized carbons (Fsp3) is 1.00. The van der Waals surface area contributed by atoms with Crippen LogP contribution < -0.4 is 5.32 Å². The van der Waals surface area contributed by atoms with E-state index in [0.29, 0.717) is 4.87 Å². The number of hydrogen-bond acceptors (Lipinski definition) is 3. The minimum atomic E-state index is 0.390. The van der Waals surface area contributed by atoms with Gasteiger partial charge in [0.15, 0.2) is 0 Å². The van der Waals surface area contributed by atoms with Crippen molar-refractivity contribution >= 4 is 11.8 Å². The molecule has 0 saturated carbocycles. The molecule has 2 heterocycles. The zero-order valence-corrected chi connectivity index (χ0v) is 9.66. The van der Waals surface area contributed by atoms with Crippen LogP contribution in [0.2, 0.25) is 0 Å². The standard InChI is InChI=1S/C10H20N2S/c1-8-5-11-10(13-6-8)4-9(2)12(3)7-10/h8-9,11H,4-7H2,1-3H3. The fourth-order valence-corrected chi connectivity index (χ4v) is 3.82. The van der Waals surface area contributed by atoms with Gasteiger partial charge in [-0.3, -0.25) is 0 Å². The topological polar surface area (TPSA) is 15.3 Å². The van der Waals surface area contributed by atoms with E-state index in [-0.39, 0.29) is 0 Å². The Hall–Kier alpha value is 0.270. The molecular weight excluding hydrogens is 180 g/mol. The Balaban J connectivity index is 1.99. The van der Waals surface area contributed by atoms with Gasteiger partial charge in [-0.25, -0.2) is 0 Å². The molecule has 3 heteroatoms. The molecule has 0 aliphatic carbocycles. The summed E-state index contributed by atoms with van der Waals surface area (Å²) in [6.45, 7) is 7.07. The van der Waals surface area contributed by atoms with Crippen LogP contribution in [0.25, 0.3) is 0 Å². The normalized spacial score (nSPS) is 47.3. The van der Waals surface area contributed by atoms with Gasteiger partial charge in [0.1, 0.15) is 0 Å². The van der Waals surface area contributed by atoms with E-state index in [1.165, 1.54) is 25.3 Å². The highest BCUT2D eigenvalue weighted by Crippen LogP contribution is 2.38. The summed E-state index contributed by atoms with van der Waals surface area (Å²) in [5, 5.41) is 3.73. The first-order valence-electron chi connectivity index (χ1n) is 5.20. The number of nitrogens with one attached hydrogen (secondary N) is 1. The number of nitrogens with zero attached hydrogens (tertiary/aromatic N) is 1. The summed E-state index contributed by atoms with van der Waals surface area (Å²) in [6, 6.07) is 0.744. The second-order valence-corrected chi connectivity index (χ2v) is 6.16. The SMILES string of the molecule is CC1CNC2(CC(C)N(C)C2)SC1. The summed E-state index contributed by atoms with van der Waals surface area (Å²) in [7, 11) is 2.24. The van der Waals surface area contributed by atoms with Crippen molar-refractivity contribution in [1.29, 1.82) is 0 Å². The molecule has 0 aromatic carbocycles. The quantitative estimate of drug-likeness (QED) is 0.636. The van der Waals surface area contributed by atoms with Crippen LogP contribution in [0.4, 0.5) is 0 Å². The maximum absolute atomic E-state index is 3.73. The van der Waals surface area contributed by atoms with Crippen molar-refractivity contribution in [3.05, 3.63) is 0 Å². The summed E-state index contributed by atoms with van der Waals surface area (Å²) in [5.41, 5.74) is 0. The molecule has 13 heavy (non-hydrogen) atoms. The van der Waals surface area contributed by atoms with Crippen LogP contribution in [0.1, 0.15) is 20.3 Å². The maximum Gasteiger partial charge on any atom is 0.0788 e. The molecule has 76 valence electrons. The van der Waals surface area contributed by atoms with Crippen LogP contribution in [-0.4, -0.2) is 41.7 Å². The molecule has 2 rings (SSSR count). The van der Waals surface area contributed by atoms with Crippen LogP contribution in [0.5, 0.6) is 0 Å². The molecule has 1 spiro atoms. The molecule has 2 fully saturated rings. The molecule has 2 aliphatic rings. The third-order valence-corrected chi connectivity index (χ3v) is 5.03. The zero-order chi connectivity index (χ0) is 9.47. The largest absolute Gasteiger partial charge is 0.301 e. The lowest BCUT2D eigenvalue weighted by Crippen LogP contribution is -2.50. The zero-order valence-electron chi connectivity index (χ0n) is 8.84. The highest BCUT2D eigenvalue weighted by atomic mass is 32.2. The molecule has 3 atom stereocenters. The number of likely N-dealkylation sites (tertiary alicyclic amines) is 1. The Kier molecular flexibility index (Phi) is 2.60. The van der Waals surface area contributed by atoms with Crippen LogP contribution in [0.15, 0.2) is 0 Å². The van der Waals surface area contributed by atoms with Gasteiger partial charge in [0.25, 0.3) is 0 Å². The van der Waals surface area contributed by atoms with Gasteiger partial charge in [-0.2, -0.15) is 0 Å². The van der Waals surface area contributed by atoms with Crippen LogP contribution in [0, 0.1) is 5.92 Å². The summed E-state index contributed by atoms with van der Waals surface area (Å²) in [5.74, 6) is 2.17. The third-order valence-electron chi connectivity index (χ3n) is 3.30. The summed E-state index contributed by atoms with van der Waals surface area (Å²) < 4.78 is 0. The van der Waals surface area contributed by atoms with Crippen LogP contribution >= 0.6 is 11.8 Å². The summed E-state index contributed by atoms with van der Waals surface area (Å²) >= 11 is 2.14. The second-order valence-electron chi connectivity index (χ2n) is 4.76. The first kappa shape index (κ1) is 9.81. The van der Waals surface area contributed by atoms with E-state index in [4.69, 9.17) is 0 Å². The van der Waals surface area contributed by atoms with Gasteiger partial charge in [-0.1, -0.05) is 6.92 Å². The number of thioether (sulfide) groups is 1. The van der Waals surface area contributed by atoms with Crippen LogP contribution in [-0.2, 0) is 0 Å². The predicted molar refractivity (Wildman–Crippen MR) is 59.1 cm³/mol. The minimum Gasteiger partial charge on any atom is -0.301 e. The smallest absolute Gasteiger partial charge is 0.0788 e. The molecule has 0 radical (unpaired) electrons. The molecular formula is C10H20N2S.